The van der Waals surface area contributed by atoms with Crippen LogP contribution in [0.2, 0.25) is 0 Å². The smallest absolute Gasteiger partial charge is 0.262 e. The van der Waals surface area contributed by atoms with Crippen LogP contribution in [0.4, 0.5) is 17.2 Å². The van der Waals surface area contributed by atoms with E-state index in [-0.39, 0.29) is 24.5 Å². The maximum absolute atomic E-state index is 13.4. The Morgan fingerprint density at radius 1 is 0.893 bits per heavy atom. The van der Waals surface area contributed by atoms with Crippen LogP contribution in [0, 0.1) is 23.2 Å². The van der Waals surface area contributed by atoms with Gasteiger partial charge in [0.05, 0.1) is 28.6 Å². The Bertz CT molecular complexity index is 2140. The Morgan fingerprint density at radius 2 is 1.70 bits per heavy atom. The van der Waals surface area contributed by atoms with E-state index >= 15 is 0 Å². The lowest BCUT2D eigenvalue weighted by Crippen LogP contribution is -2.61. The SMILES string of the molecule is C[C@H]1CN2c3cc(-c4ccccc4O)nnc3NC[C@H]2CN1C[C@H]1[C@@H]2CN(CC3CCN(c4ccc5c(c4)C(=O)N(C4CCC(=O)NC4=O)C5=O)CC3)CC21C. The van der Waals surface area contributed by atoms with Crippen molar-refractivity contribution in [3.8, 4) is 17.0 Å². The molecule has 0 spiro atoms. The molecule has 4 amide bonds. The number of carbonyl (C=O) groups excluding carboxylic acids is 4. The number of aromatic hydroxyl groups is 1. The first kappa shape index (κ1) is 35.3. The van der Waals surface area contributed by atoms with Crippen LogP contribution in [0.15, 0.2) is 48.5 Å². The first-order chi connectivity index (χ1) is 27.1. The summed E-state index contributed by atoms with van der Waals surface area (Å²) in [5.41, 5.74) is 4.40. The largest absolute Gasteiger partial charge is 0.507 e. The summed E-state index contributed by atoms with van der Waals surface area (Å²) >= 11 is 0. The zero-order chi connectivity index (χ0) is 38.5. The number of imide groups is 2. The number of hydrogen-bond donors (Lipinski definition) is 3. The fourth-order valence-electron chi connectivity index (χ4n) is 10.9. The van der Waals surface area contributed by atoms with E-state index in [0.29, 0.717) is 45.8 Å². The van der Waals surface area contributed by atoms with Crippen LogP contribution in [0.3, 0.4) is 0 Å². The predicted molar refractivity (Wildman–Crippen MR) is 209 cm³/mol. The van der Waals surface area contributed by atoms with E-state index in [9.17, 15) is 24.3 Å². The molecular formula is C42H49N9O5. The molecule has 7 heterocycles. The van der Waals surface area contributed by atoms with Gasteiger partial charge in [-0.1, -0.05) is 19.1 Å². The van der Waals surface area contributed by atoms with Crippen molar-refractivity contribution in [3.05, 3.63) is 59.7 Å². The predicted octanol–water partition coefficient (Wildman–Crippen LogP) is 3.04. The average molecular weight is 760 g/mol. The van der Waals surface area contributed by atoms with E-state index in [1.807, 2.05) is 30.3 Å². The zero-order valence-corrected chi connectivity index (χ0v) is 32.0. The molecule has 1 aliphatic carbocycles. The second kappa shape index (κ2) is 13.3. The van der Waals surface area contributed by atoms with E-state index in [1.165, 1.54) is 6.54 Å². The molecule has 0 radical (unpaired) electrons. The van der Waals surface area contributed by atoms with Gasteiger partial charge in [0, 0.05) is 82.6 Å². The molecule has 5 fully saturated rings. The third-order valence-corrected chi connectivity index (χ3v) is 14.2. The summed E-state index contributed by atoms with van der Waals surface area (Å²) in [4.78, 5) is 61.9. The number of likely N-dealkylation sites (tertiary alicyclic amines) is 1. The van der Waals surface area contributed by atoms with Gasteiger partial charge in [-0.2, -0.15) is 0 Å². The van der Waals surface area contributed by atoms with Gasteiger partial charge in [0.25, 0.3) is 11.8 Å². The number of hydrogen-bond acceptors (Lipinski definition) is 12. The first-order valence-electron chi connectivity index (χ1n) is 20.3. The van der Waals surface area contributed by atoms with Gasteiger partial charge < -0.3 is 25.1 Å². The van der Waals surface area contributed by atoms with Crippen LogP contribution < -0.4 is 20.4 Å². The van der Waals surface area contributed by atoms with Crippen molar-refractivity contribution in [3.63, 3.8) is 0 Å². The Labute approximate surface area is 326 Å². The number of phenols is 1. The summed E-state index contributed by atoms with van der Waals surface area (Å²) in [5, 5.41) is 25.2. The summed E-state index contributed by atoms with van der Waals surface area (Å²) in [6.07, 6.45) is 2.41. The number of nitrogens with one attached hydrogen (secondary N) is 2. The van der Waals surface area contributed by atoms with Crippen molar-refractivity contribution in [2.75, 3.05) is 74.0 Å². The highest BCUT2D eigenvalue weighted by atomic mass is 16.3. The number of amides is 4. The van der Waals surface area contributed by atoms with Crippen molar-refractivity contribution >= 4 is 40.8 Å². The molecule has 1 saturated carbocycles. The lowest BCUT2D eigenvalue weighted by atomic mass is 9.95. The normalized spacial score (nSPS) is 30.5. The fraction of sp³-hybridized carbons (Fsp3) is 0.524. The molecule has 292 valence electrons. The van der Waals surface area contributed by atoms with Crippen LogP contribution in [-0.4, -0.2) is 131 Å². The second-order valence-corrected chi connectivity index (χ2v) is 17.5. The number of aromatic nitrogens is 2. The molecule has 56 heavy (non-hydrogen) atoms. The van der Waals surface area contributed by atoms with Crippen LogP contribution >= 0.6 is 0 Å². The summed E-state index contributed by atoms with van der Waals surface area (Å²) in [6, 6.07) is 14.6. The molecule has 3 N–H and O–H groups in total. The monoisotopic (exact) mass is 759 g/mol. The van der Waals surface area contributed by atoms with Gasteiger partial charge >= 0.3 is 0 Å². The Hall–Kier alpha value is -5.08. The maximum atomic E-state index is 13.4. The van der Waals surface area contributed by atoms with Crippen molar-refractivity contribution in [2.45, 2.75) is 57.7 Å². The fourth-order valence-corrected chi connectivity index (χ4v) is 10.9. The minimum atomic E-state index is -0.954. The van der Waals surface area contributed by atoms with Crippen LogP contribution in [0.1, 0.15) is 60.2 Å². The summed E-state index contributed by atoms with van der Waals surface area (Å²) in [7, 11) is 0. The Kier molecular flexibility index (Phi) is 8.37. The third-order valence-electron chi connectivity index (χ3n) is 14.2. The summed E-state index contributed by atoms with van der Waals surface area (Å²) in [6.45, 7) is 14.0. The third kappa shape index (κ3) is 5.82. The van der Waals surface area contributed by atoms with Crippen LogP contribution in [-0.2, 0) is 9.59 Å². The van der Waals surface area contributed by atoms with Gasteiger partial charge in [-0.05, 0) is 85.8 Å². The Morgan fingerprint density at radius 3 is 2.46 bits per heavy atom. The number of anilines is 3. The highest BCUT2D eigenvalue weighted by molar-refractivity contribution is 6.23. The van der Waals surface area contributed by atoms with E-state index < -0.39 is 23.8 Å². The molecule has 7 aliphatic rings. The topological polar surface area (TPSA) is 155 Å². The lowest BCUT2D eigenvalue weighted by Gasteiger charge is -2.49. The van der Waals surface area contributed by atoms with Gasteiger partial charge in [0.1, 0.15) is 11.8 Å². The van der Waals surface area contributed by atoms with Crippen molar-refractivity contribution < 1.29 is 24.3 Å². The highest BCUT2D eigenvalue weighted by Gasteiger charge is 2.65. The standard InChI is InChI=1S/C42H49N9O5/c1-24-18-50-27(17-43-38-35(50)16-33(45-46-38)29-5-3-4-6-36(29)52)20-49(24)22-32-31-21-47(23-42(31,32)2)19-25-11-13-48(14-12-25)26-7-8-28-30(15-26)41(56)51(40(28)55)34-9-10-37(53)44-39(34)54/h3-8,15-16,24-25,27,31-32,34,52H,9-14,17-23H2,1-2H3,(H,43,46)(H,44,53,54)/t24-,27-,31-,32-,34?,42?/m0/s1. The molecule has 10 rings (SSSR count). The molecule has 2 aromatic carbocycles. The molecule has 1 aromatic heterocycles. The van der Waals surface area contributed by atoms with Crippen LogP contribution in [0.5, 0.6) is 5.75 Å². The number of carbonyl (C=O) groups is 4. The number of benzene rings is 2. The van der Waals surface area contributed by atoms with Gasteiger partial charge in [-0.25, -0.2) is 0 Å². The average Bonchev–Trinajstić information content (AvgIpc) is 3.41. The summed E-state index contributed by atoms with van der Waals surface area (Å²) in [5.74, 6) is 1.21. The van der Waals surface area contributed by atoms with Crippen LogP contribution in [0.25, 0.3) is 11.3 Å². The zero-order valence-electron chi connectivity index (χ0n) is 32.0. The minimum Gasteiger partial charge on any atom is -0.507 e. The summed E-state index contributed by atoms with van der Waals surface area (Å²) < 4.78 is 0. The molecule has 6 atom stereocenters. The van der Waals surface area contributed by atoms with Gasteiger partial charge in [0.15, 0.2) is 5.82 Å². The van der Waals surface area contributed by atoms with Gasteiger partial charge in [-0.3, -0.25) is 34.3 Å². The molecule has 14 heteroatoms. The molecule has 14 nitrogen and oxygen atoms in total. The highest BCUT2D eigenvalue weighted by Crippen LogP contribution is 2.63. The van der Waals surface area contributed by atoms with E-state index in [1.54, 1.807) is 12.1 Å². The van der Waals surface area contributed by atoms with E-state index in [2.05, 4.69) is 60.3 Å². The number of phenolic OH excluding ortho intramolecular Hbond substituents is 1. The number of piperidine rings is 3. The lowest BCUT2D eigenvalue weighted by molar-refractivity contribution is -0.136. The Balaban J connectivity index is 0.713. The number of para-hydroxylation sites is 1. The van der Waals surface area contributed by atoms with Crippen molar-refractivity contribution in [1.82, 2.24) is 30.2 Å². The molecule has 0 bridgehead atoms. The second-order valence-electron chi connectivity index (χ2n) is 17.5. The number of piperazine rings is 1. The molecule has 4 saturated heterocycles. The van der Waals surface area contributed by atoms with Gasteiger partial charge in [-0.15, -0.1) is 10.2 Å². The first-order valence-corrected chi connectivity index (χ1v) is 20.3. The van der Waals surface area contributed by atoms with Crippen molar-refractivity contribution in [1.29, 1.82) is 0 Å². The minimum absolute atomic E-state index is 0.107. The molecule has 6 aliphatic heterocycles. The number of rotatable bonds is 7. The maximum Gasteiger partial charge on any atom is 0.262 e. The molecular weight excluding hydrogens is 711 g/mol. The van der Waals surface area contributed by atoms with E-state index in [4.69, 9.17) is 0 Å². The van der Waals surface area contributed by atoms with Crippen molar-refractivity contribution in [2.24, 2.45) is 23.2 Å². The molecule has 2 unspecified atom stereocenters. The van der Waals surface area contributed by atoms with E-state index in [0.717, 1.165) is 99.1 Å². The quantitative estimate of drug-likeness (QED) is 0.304. The number of fused-ring (bicyclic) bond motifs is 5. The van der Waals surface area contributed by atoms with Gasteiger partial charge in [0.2, 0.25) is 11.8 Å². The molecule has 3 aromatic rings. The number of nitrogens with zero attached hydrogens (tertiary/aromatic N) is 7.